The second-order valence-corrected chi connectivity index (χ2v) is 5.89. The molecule has 0 aliphatic rings. The maximum Gasteiger partial charge on any atom is 0.274 e. The van der Waals surface area contributed by atoms with E-state index in [1.165, 1.54) is 0 Å². The van der Waals surface area contributed by atoms with Crippen molar-refractivity contribution in [3.05, 3.63) is 72.2 Å². The fourth-order valence-electron chi connectivity index (χ4n) is 2.63. The van der Waals surface area contributed by atoms with Gasteiger partial charge in [-0.2, -0.15) is 4.98 Å². The highest BCUT2D eigenvalue weighted by atomic mass is 16.5. The standard InChI is InChI=1S/C19H16N6O2/c1-12-4-3-9-21-17(12)18(26)22-13-5-2-6-14(10-13)27-15-7-8-16-23-19(20)24-25(16)11-15/h2-11H,1H3,(H2,20,24)(H,22,26). The Labute approximate surface area is 154 Å². The Hall–Kier alpha value is -3.94. The number of hydrogen-bond donors (Lipinski definition) is 2. The molecule has 4 rings (SSSR count). The summed E-state index contributed by atoms with van der Waals surface area (Å²) in [5.74, 6) is 1.06. The largest absolute Gasteiger partial charge is 0.456 e. The lowest BCUT2D eigenvalue weighted by atomic mass is 10.2. The summed E-state index contributed by atoms with van der Waals surface area (Å²) < 4.78 is 7.39. The van der Waals surface area contributed by atoms with Crippen molar-refractivity contribution < 1.29 is 9.53 Å². The second-order valence-electron chi connectivity index (χ2n) is 5.89. The van der Waals surface area contributed by atoms with E-state index in [-0.39, 0.29) is 11.9 Å². The molecule has 0 atom stereocenters. The molecule has 0 bridgehead atoms. The normalized spacial score (nSPS) is 10.7. The van der Waals surface area contributed by atoms with E-state index in [4.69, 9.17) is 10.5 Å². The van der Waals surface area contributed by atoms with E-state index in [2.05, 4.69) is 20.4 Å². The number of nitrogens with two attached hydrogens (primary N) is 1. The van der Waals surface area contributed by atoms with Gasteiger partial charge in [-0.15, -0.1) is 5.10 Å². The first kappa shape index (κ1) is 16.5. The molecule has 0 aliphatic carbocycles. The van der Waals surface area contributed by atoms with Crippen molar-refractivity contribution in [1.29, 1.82) is 0 Å². The number of anilines is 2. The van der Waals surface area contributed by atoms with Crippen LogP contribution in [0.5, 0.6) is 11.5 Å². The van der Waals surface area contributed by atoms with Crippen LogP contribution in [0.2, 0.25) is 0 Å². The maximum absolute atomic E-state index is 12.4. The molecule has 27 heavy (non-hydrogen) atoms. The zero-order valence-corrected chi connectivity index (χ0v) is 14.5. The van der Waals surface area contributed by atoms with Crippen LogP contribution in [0.4, 0.5) is 11.6 Å². The summed E-state index contributed by atoms with van der Waals surface area (Å²) in [6, 6.07) is 14.3. The molecule has 0 fully saturated rings. The SMILES string of the molecule is Cc1cccnc1C(=O)Nc1cccc(Oc2ccc3nc(N)nn3c2)c1. The van der Waals surface area contributed by atoms with E-state index in [0.717, 1.165) is 5.56 Å². The summed E-state index contributed by atoms with van der Waals surface area (Å²) >= 11 is 0. The van der Waals surface area contributed by atoms with Gasteiger partial charge in [0.15, 0.2) is 5.65 Å². The van der Waals surface area contributed by atoms with Gasteiger partial charge >= 0.3 is 0 Å². The molecule has 4 aromatic rings. The van der Waals surface area contributed by atoms with Crippen LogP contribution in [0.1, 0.15) is 16.1 Å². The molecule has 0 radical (unpaired) electrons. The molecule has 3 aromatic heterocycles. The molecule has 0 spiro atoms. The minimum Gasteiger partial charge on any atom is -0.456 e. The lowest BCUT2D eigenvalue weighted by Gasteiger charge is -2.09. The predicted octanol–water partition coefficient (Wildman–Crippen LogP) is 3.06. The number of fused-ring (bicyclic) bond motifs is 1. The van der Waals surface area contributed by atoms with Crippen molar-refractivity contribution in [2.24, 2.45) is 0 Å². The van der Waals surface area contributed by atoms with Gasteiger partial charge in [0.25, 0.3) is 5.91 Å². The summed E-state index contributed by atoms with van der Waals surface area (Å²) in [4.78, 5) is 20.6. The van der Waals surface area contributed by atoms with Crippen LogP contribution in [0, 0.1) is 6.92 Å². The molecule has 0 aliphatic heterocycles. The number of carbonyl (C=O) groups is 1. The van der Waals surface area contributed by atoms with E-state index in [1.807, 2.05) is 13.0 Å². The van der Waals surface area contributed by atoms with Crippen molar-refractivity contribution in [2.45, 2.75) is 6.92 Å². The van der Waals surface area contributed by atoms with E-state index in [0.29, 0.717) is 28.5 Å². The van der Waals surface area contributed by atoms with Crippen LogP contribution < -0.4 is 15.8 Å². The average molecular weight is 360 g/mol. The quantitative estimate of drug-likeness (QED) is 0.579. The predicted molar refractivity (Wildman–Crippen MR) is 101 cm³/mol. The molecular weight excluding hydrogens is 344 g/mol. The number of rotatable bonds is 4. The van der Waals surface area contributed by atoms with Gasteiger partial charge in [-0.25, -0.2) is 4.52 Å². The number of ether oxygens (including phenoxy) is 1. The van der Waals surface area contributed by atoms with Crippen LogP contribution in [0.25, 0.3) is 5.65 Å². The summed E-state index contributed by atoms with van der Waals surface area (Å²) in [6.45, 7) is 1.84. The molecule has 0 saturated carbocycles. The molecule has 0 unspecified atom stereocenters. The Balaban J connectivity index is 1.53. The number of aromatic nitrogens is 4. The van der Waals surface area contributed by atoms with Crippen LogP contribution in [0.15, 0.2) is 60.9 Å². The number of aryl methyl sites for hydroxylation is 1. The number of pyridine rings is 2. The van der Waals surface area contributed by atoms with Gasteiger partial charge in [-0.1, -0.05) is 12.1 Å². The van der Waals surface area contributed by atoms with Crippen molar-refractivity contribution in [3.8, 4) is 11.5 Å². The van der Waals surface area contributed by atoms with Gasteiger partial charge in [0.05, 0.1) is 6.20 Å². The van der Waals surface area contributed by atoms with E-state index in [1.54, 1.807) is 59.4 Å². The van der Waals surface area contributed by atoms with Gasteiger partial charge < -0.3 is 15.8 Å². The Morgan fingerprint density at radius 1 is 1.15 bits per heavy atom. The number of nitrogen functional groups attached to an aromatic ring is 1. The van der Waals surface area contributed by atoms with E-state index < -0.39 is 0 Å². The topological polar surface area (TPSA) is 107 Å². The third-order valence-electron chi connectivity index (χ3n) is 3.87. The van der Waals surface area contributed by atoms with Crippen molar-refractivity contribution in [1.82, 2.24) is 19.6 Å². The Morgan fingerprint density at radius 3 is 2.89 bits per heavy atom. The maximum atomic E-state index is 12.4. The zero-order chi connectivity index (χ0) is 18.8. The van der Waals surface area contributed by atoms with Gasteiger partial charge in [0.2, 0.25) is 5.95 Å². The highest BCUT2D eigenvalue weighted by Gasteiger charge is 2.11. The molecule has 1 aromatic carbocycles. The van der Waals surface area contributed by atoms with Gasteiger partial charge in [0.1, 0.15) is 17.2 Å². The molecule has 3 N–H and O–H groups in total. The van der Waals surface area contributed by atoms with Crippen LogP contribution in [-0.4, -0.2) is 25.5 Å². The smallest absolute Gasteiger partial charge is 0.274 e. The Morgan fingerprint density at radius 2 is 2.04 bits per heavy atom. The third-order valence-corrected chi connectivity index (χ3v) is 3.87. The monoisotopic (exact) mass is 360 g/mol. The average Bonchev–Trinajstić information content (AvgIpc) is 3.01. The molecule has 1 amide bonds. The number of carbonyl (C=O) groups excluding carboxylic acids is 1. The summed E-state index contributed by atoms with van der Waals surface area (Å²) in [5, 5.41) is 6.89. The highest BCUT2D eigenvalue weighted by Crippen LogP contribution is 2.25. The number of nitrogens with one attached hydrogen (secondary N) is 1. The highest BCUT2D eigenvalue weighted by molar-refractivity contribution is 6.03. The lowest BCUT2D eigenvalue weighted by molar-refractivity contribution is 0.102. The first-order chi connectivity index (χ1) is 13.1. The summed E-state index contributed by atoms with van der Waals surface area (Å²) in [7, 11) is 0. The zero-order valence-electron chi connectivity index (χ0n) is 14.5. The number of nitrogens with zero attached hydrogens (tertiary/aromatic N) is 4. The molecule has 134 valence electrons. The van der Waals surface area contributed by atoms with Crippen LogP contribution >= 0.6 is 0 Å². The minimum absolute atomic E-state index is 0.196. The first-order valence-electron chi connectivity index (χ1n) is 8.21. The van der Waals surface area contributed by atoms with Gasteiger partial charge in [-0.3, -0.25) is 9.78 Å². The number of hydrogen-bond acceptors (Lipinski definition) is 6. The number of benzene rings is 1. The lowest BCUT2D eigenvalue weighted by Crippen LogP contribution is -2.15. The van der Waals surface area contributed by atoms with E-state index >= 15 is 0 Å². The first-order valence-corrected chi connectivity index (χ1v) is 8.21. The van der Waals surface area contributed by atoms with Crippen LogP contribution in [0.3, 0.4) is 0 Å². The fourth-order valence-corrected chi connectivity index (χ4v) is 2.63. The van der Waals surface area contributed by atoms with Crippen molar-refractivity contribution >= 4 is 23.2 Å². The Kier molecular flexibility index (Phi) is 4.13. The molecule has 0 saturated heterocycles. The fraction of sp³-hybridized carbons (Fsp3) is 0.0526. The Bertz CT molecular complexity index is 1140. The number of amides is 1. The van der Waals surface area contributed by atoms with Gasteiger partial charge in [-0.05, 0) is 42.8 Å². The van der Waals surface area contributed by atoms with Crippen molar-refractivity contribution in [2.75, 3.05) is 11.1 Å². The third kappa shape index (κ3) is 3.54. The minimum atomic E-state index is -0.273. The van der Waals surface area contributed by atoms with Gasteiger partial charge in [0, 0.05) is 18.0 Å². The molecule has 3 heterocycles. The molecular formula is C19H16N6O2. The molecule has 8 nitrogen and oxygen atoms in total. The van der Waals surface area contributed by atoms with E-state index in [9.17, 15) is 4.79 Å². The second kappa shape index (κ2) is 6.75. The van der Waals surface area contributed by atoms with Crippen molar-refractivity contribution in [3.63, 3.8) is 0 Å². The molecule has 8 heteroatoms. The summed E-state index contributed by atoms with van der Waals surface area (Å²) in [6.07, 6.45) is 3.27. The van der Waals surface area contributed by atoms with Crippen LogP contribution in [-0.2, 0) is 0 Å². The summed E-state index contributed by atoms with van der Waals surface area (Å²) in [5.41, 5.74) is 8.02.